The summed E-state index contributed by atoms with van der Waals surface area (Å²) < 4.78 is 54.2. The molecule has 0 aliphatic heterocycles. The van der Waals surface area contributed by atoms with Gasteiger partial charge in [0.1, 0.15) is 5.82 Å². The summed E-state index contributed by atoms with van der Waals surface area (Å²) in [4.78, 5) is 23.6. The first kappa shape index (κ1) is 21.9. The number of carbonyl (C=O) groups is 2. The maximum atomic E-state index is 14.1. The Morgan fingerprint density at radius 1 is 1.09 bits per heavy atom. The second kappa shape index (κ2) is 8.29. The van der Waals surface area contributed by atoms with Crippen LogP contribution in [0.1, 0.15) is 40.7 Å². The van der Waals surface area contributed by atoms with Gasteiger partial charge in [0, 0.05) is 30.6 Å². The van der Waals surface area contributed by atoms with E-state index in [9.17, 15) is 27.2 Å². The Kier molecular flexibility index (Phi) is 5.66. The number of fused-ring (bicyclic) bond motifs is 1. The second-order valence-corrected chi connectivity index (χ2v) is 8.14. The molecule has 1 aliphatic carbocycles. The van der Waals surface area contributed by atoms with Gasteiger partial charge in [-0.25, -0.2) is 4.39 Å². The number of amides is 1. The van der Waals surface area contributed by atoms with Crippen molar-refractivity contribution in [2.75, 3.05) is 0 Å². The molecule has 0 radical (unpaired) electrons. The summed E-state index contributed by atoms with van der Waals surface area (Å²) in [6, 6.07) is 8.63. The highest BCUT2D eigenvalue weighted by Crippen LogP contribution is 2.32. The summed E-state index contributed by atoms with van der Waals surface area (Å²) >= 11 is 0. The molecule has 1 amide bonds. The number of aliphatic carboxylic acids is 1. The number of alkyl halides is 3. The number of carboxylic acids is 1. The number of rotatable bonds is 6. The summed E-state index contributed by atoms with van der Waals surface area (Å²) in [7, 11) is 0. The number of aromatic nitrogens is 1. The first-order chi connectivity index (χ1) is 15.1. The SMILES string of the molecule is O=C(O)C[C@H]1C[C@@H](NC(=O)c2cc(F)cc3ccn(Cc4ccc(C(F)(F)F)cc4)c23)C1. The van der Waals surface area contributed by atoms with E-state index < -0.39 is 29.4 Å². The number of benzene rings is 2. The first-order valence-corrected chi connectivity index (χ1v) is 10.1. The molecule has 0 atom stereocenters. The maximum absolute atomic E-state index is 14.1. The van der Waals surface area contributed by atoms with Crippen LogP contribution < -0.4 is 5.32 Å². The van der Waals surface area contributed by atoms with E-state index in [2.05, 4.69) is 5.32 Å². The lowest BCUT2D eigenvalue weighted by Crippen LogP contribution is -2.45. The smallest absolute Gasteiger partial charge is 0.416 e. The Morgan fingerprint density at radius 2 is 1.78 bits per heavy atom. The Morgan fingerprint density at radius 3 is 2.41 bits per heavy atom. The molecular formula is C23H20F4N2O3. The van der Waals surface area contributed by atoms with Crippen molar-refractivity contribution in [3.05, 3.63) is 71.2 Å². The van der Waals surface area contributed by atoms with E-state index in [1.165, 1.54) is 18.2 Å². The van der Waals surface area contributed by atoms with Crippen LogP contribution in [0, 0.1) is 11.7 Å². The van der Waals surface area contributed by atoms with E-state index in [1.54, 1.807) is 16.8 Å². The van der Waals surface area contributed by atoms with Crippen LogP contribution >= 0.6 is 0 Å². The van der Waals surface area contributed by atoms with Gasteiger partial charge in [-0.05, 0) is 54.7 Å². The number of carbonyl (C=O) groups excluding carboxylic acids is 1. The fraction of sp³-hybridized carbons (Fsp3) is 0.304. The van der Waals surface area contributed by atoms with E-state index >= 15 is 0 Å². The number of hydrogen-bond acceptors (Lipinski definition) is 2. The third kappa shape index (κ3) is 4.61. The average Bonchev–Trinajstić information content (AvgIpc) is 3.07. The Hall–Kier alpha value is -3.36. The van der Waals surface area contributed by atoms with Crippen molar-refractivity contribution in [1.29, 1.82) is 0 Å². The third-order valence-corrected chi connectivity index (χ3v) is 5.74. The molecule has 0 saturated heterocycles. The Balaban J connectivity index is 1.55. The standard InChI is InChI=1S/C23H20F4N2O3/c24-17-10-15-5-6-29(12-13-1-3-16(4-2-13)23(25,26)27)21(15)19(11-17)22(32)28-18-7-14(8-18)9-20(30)31/h1-6,10-11,14,18H,7-9,12H2,(H,28,32)(H,30,31)/t14-,18+. The van der Waals surface area contributed by atoms with Crippen LogP contribution in [-0.2, 0) is 17.5 Å². The molecule has 168 valence electrons. The predicted molar refractivity (Wildman–Crippen MR) is 109 cm³/mol. The van der Waals surface area contributed by atoms with Gasteiger partial charge in [0.15, 0.2) is 0 Å². The van der Waals surface area contributed by atoms with Crippen LogP contribution in [-0.4, -0.2) is 27.6 Å². The zero-order chi connectivity index (χ0) is 23.0. The van der Waals surface area contributed by atoms with Crippen LogP contribution in [0.15, 0.2) is 48.7 Å². The molecule has 2 N–H and O–H groups in total. The van der Waals surface area contributed by atoms with Crippen LogP contribution in [0.2, 0.25) is 0 Å². The highest BCUT2D eigenvalue weighted by Gasteiger charge is 2.32. The zero-order valence-corrected chi connectivity index (χ0v) is 16.8. The van der Waals surface area contributed by atoms with Gasteiger partial charge in [-0.15, -0.1) is 0 Å². The lowest BCUT2D eigenvalue weighted by molar-refractivity contribution is -0.139. The van der Waals surface area contributed by atoms with Crippen molar-refractivity contribution < 1.29 is 32.3 Å². The monoisotopic (exact) mass is 448 g/mol. The molecule has 1 heterocycles. The zero-order valence-electron chi connectivity index (χ0n) is 16.8. The summed E-state index contributed by atoms with van der Waals surface area (Å²) in [6.45, 7) is 0.206. The van der Waals surface area contributed by atoms with Crippen LogP contribution in [0.5, 0.6) is 0 Å². The highest BCUT2D eigenvalue weighted by molar-refractivity contribution is 6.06. The number of nitrogens with one attached hydrogen (secondary N) is 1. The van der Waals surface area contributed by atoms with E-state index in [4.69, 9.17) is 5.11 Å². The molecule has 1 aliphatic rings. The summed E-state index contributed by atoms with van der Waals surface area (Å²) in [5.74, 6) is -1.92. The normalized spacial score (nSPS) is 18.4. The van der Waals surface area contributed by atoms with E-state index in [0.29, 0.717) is 29.3 Å². The van der Waals surface area contributed by atoms with Crippen LogP contribution in [0.25, 0.3) is 10.9 Å². The number of nitrogens with zero attached hydrogens (tertiary/aromatic N) is 1. The molecule has 1 fully saturated rings. The predicted octanol–water partition coefficient (Wildman–Crippen LogP) is 4.83. The lowest BCUT2D eigenvalue weighted by Gasteiger charge is -2.35. The van der Waals surface area contributed by atoms with Gasteiger partial charge in [-0.2, -0.15) is 13.2 Å². The molecule has 5 nitrogen and oxygen atoms in total. The Bertz CT molecular complexity index is 1160. The minimum absolute atomic E-state index is 0.00820. The molecular weight excluding hydrogens is 428 g/mol. The van der Waals surface area contributed by atoms with Gasteiger partial charge in [0.05, 0.1) is 16.6 Å². The molecule has 0 unspecified atom stereocenters. The molecule has 2 aromatic carbocycles. The minimum Gasteiger partial charge on any atom is -0.481 e. The number of hydrogen-bond donors (Lipinski definition) is 2. The lowest BCUT2D eigenvalue weighted by atomic mass is 9.78. The summed E-state index contributed by atoms with van der Waals surface area (Å²) in [5, 5.41) is 12.2. The molecule has 0 bridgehead atoms. The van der Waals surface area contributed by atoms with Crippen LogP contribution in [0.4, 0.5) is 17.6 Å². The van der Waals surface area contributed by atoms with Gasteiger partial charge in [0.2, 0.25) is 0 Å². The van der Waals surface area contributed by atoms with E-state index in [0.717, 1.165) is 18.2 Å². The highest BCUT2D eigenvalue weighted by atomic mass is 19.4. The summed E-state index contributed by atoms with van der Waals surface area (Å²) in [5.41, 5.74) is 0.452. The Labute approximate surface area is 180 Å². The number of carboxylic acid groups (broad SMARTS) is 1. The van der Waals surface area contributed by atoms with Crippen molar-refractivity contribution in [3.8, 4) is 0 Å². The minimum atomic E-state index is -4.42. The van der Waals surface area contributed by atoms with E-state index in [-0.39, 0.29) is 30.5 Å². The molecule has 0 spiro atoms. The topological polar surface area (TPSA) is 71.3 Å². The van der Waals surface area contributed by atoms with Gasteiger partial charge in [-0.3, -0.25) is 9.59 Å². The maximum Gasteiger partial charge on any atom is 0.416 e. The van der Waals surface area contributed by atoms with Gasteiger partial charge < -0.3 is 15.0 Å². The van der Waals surface area contributed by atoms with E-state index in [1.807, 2.05) is 0 Å². The first-order valence-electron chi connectivity index (χ1n) is 10.1. The number of halogens is 4. The van der Waals surface area contributed by atoms with Gasteiger partial charge in [0.25, 0.3) is 5.91 Å². The quantitative estimate of drug-likeness (QED) is 0.531. The van der Waals surface area contributed by atoms with Crippen molar-refractivity contribution >= 4 is 22.8 Å². The second-order valence-electron chi connectivity index (χ2n) is 8.14. The summed E-state index contributed by atoms with van der Waals surface area (Å²) in [6.07, 6.45) is -1.63. The van der Waals surface area contributed by atoms with Gasteiger partial charge >= 0.3 is 12.1 Å². The van der Waals surface area contributed by atoms with Crippen molar-refractivity contribution in [3.63, 3.8) is 0 Å². The fourth-order valence-electron chi connectivity index (χ4n) is 4.14. The van der Waals surface area contributed by atoms with Crippen molar-refractivity contribution in [2.24, 2.45) is 5.92 Å². The molecule has 1 aromatic heterocycles. The molecule has 9 heteroatoms. The fourth-order valence-corrected chi connectivity index (χ4v) is 4.14. The van der Waals surface area contributed by atoms with Crippen molar-refractivity contribution in [2.45, 2.75) is 38.0 Å². The molecule has 32 heavy (non-hydrogen) atoms. The largest absolute Gasteiger partial charge is 0.481 e. The van der Waals surface area contributed by atoms with Crippen LogP contribution in [0.3, 0.4) is 0 Å². The van der Waals surface area contributed by atoms with Gasteiger partial charge in [-0.1, -0.05) is 12.1 Å². The third-order valence-electron chi connectivity index (χ3n) is 5.74. The molecule has 3 aromatic rings. The average molecular weight is 448 g/mol. The molecule has 1 saturated carbocycles. The van der Waals surface area contributed by atoms with Crippen molar-refractivity contribution in [1.82, 2.24) is 9.88 Å². The molecule has 4 rings (SSSR count).